The molecule has 0 saturated heterocycles. The van der Waals surface area contributed by atoms with E-state index < -0.39 is 0 Å². The van der Waals surface area contributed by atoms with E-state index in [0.29, 0.717) is 19.6 Å². The van der Waals surface area contributed by atoms with Gasteiger partial charge in [0.05, 0.1) is 23.6 Å². The maximum Gasteiger partial charge on any atom is 0.220 e. The van der Waals surface area contributed by atoms with Gasteiger partial charge >= 0.3 is 0 Å². The summed E-state index contributed by atoms with van der Waals surface area (Å²) in [4.78, 5) is 17.5. The second kappa shape index (κ2) is 10.3. The summed E-state index contributed by atoms with van der Waals surface area (Å²) in [6.07, 6.45) is 1.17. The Bertz CT molecular complexity index is 1210. The molecule has 0 aliphatic carbocycles. The highest BCUT2D eigenvalue weighted by Crippen LogP contribution is 2.24. The quantitative estimate of drug-likeness (QED) is 0.371. The Morgan fingerprint density at radius 2 is 1.67 bits per heavy atom. The van der Waals surface area contributed by atoms with Gasteiger partial charge in [0.15, 0.2) is 0 Å². The minimum absolute atomic E-state index is 0.0248. The Kier molecular flexibility index (Phi) is 7.08. The first-order valence-electron chi connectivity index (χ1n) is 11.5. The van der Waals surface area contributed by atoms with Gasteiger partial charge < -0.3 is 14.6 Å². The van der Waals surface area contributed by atoms with Crippen LogP contribution in [0.3, 0.4) is 0 Å². The fourth-order valence-electron chi connectivity index (χ4n) is 4.21. The zero-order valence-electron chi connectivity index (χ0n) is 19.5. The molecule has 0 spiro atoms. The van der Waals surface area contributed by atoms with E-state index in [-0.39, 0.29) is 11.9 Å². The van der Waals surface area contributed by atoms with Gasteiger partial charge in [-0.3, -0.25) is 4.79 Å². The minimum Gasteiger partial charge on any atom is -0.491 e. The van der Waals surface area contributed by atoms with Gasteiger partial charge in [-0.05, 0) is 56.0 Å². The van der Waals surface area contributed by atoms with Gasteiger partial charge in [-0.2, -0.15) is 0 Å². The van der Waals surface area contributed by atoms with Gasteiger partial charge in [0.2, 0.25) is 5.91 Å². The third kappa shape index (κ3) is 5.43. The second-order valence-electron chi connectivity index (χ2n) is 8.45. The average Bonchev–Trinajstić information content (AvgIpc) is 3.19. The van der Waals surface area contributed by atoms with Crippen molar-refractivity contribution >= 4 is 16.9 Å². The molecule has 33 heavy (non-hydrogen) atoms. The van der Waals surface area contributed by atoms with Crippen LogP contribution in [0.1, 0.15) is 41.9 Å². The first-order valence-corrected chi connectivity index (χ1v) is 11.5. The topological polar surface area (TPSA) is 56.1 Å². The zero-order chi connectivity index (χ0) is 23.2. The summed E-state index contributed by atoms with van der Waals surface area (Å²) in [7, 11) is 0. The SMILES string of the molecule is Cc1cccc(C)c1OCCn1c(C(C)NC(=O)CCc2ccccc2)nc2ccccc21. The molecule has 0 saturated carbocycles. The Balaban J connectivity index is 1.46. The smallest absolute Gasteiger partial charge is 0.220 e. The molecular weight excluding hydrogens is 410 g/mol. The summed E-state index contributed by atoms with van der Waals surface area (Å²) in [6.45, 7) is 7.28. The van der Waals surface area contributed by atoms with E-state index in [9.17, 15) is 4.79 Å². The molecule has 0 bridgehead atoms. The molecule has 170 valence electrons. The number of benzene rings is 3. The van der Waals surface area contributed by atoms with Gasteiger partial charge in [0.25, 0.3) is 0 Å². The maximum absolute atomic E-state index is 12.6. The van der Waals surface area contributed by atoms with Gasteiger partial charge in [0, 0.05) is 6.42 Å². The van der Waals surface area contributed by atoms with E-state index in [1.54, 1.807) is 0 Å². The van der Waals surface area contributed by atoms with Crippen molar-refractivity contribution in [1.29, 1.82) is 0 Å². The fourth-order valence-corrected chi connectivity index (χ4v) is 4.21. The number of fused-ring (bicyclic) bond motifs is 1. The molecule has 4 rings (SSSR count). The molecule has 0 fully saturated rings. The largest absolute Gasteiger partial charge is 0.491 e. The zero-order valence-corrected chi connectivity index (χ0v) is 19.5. The van der Waals surface area contributed by atoms with E-state index in [2.05, 4.69) is 41.9 Å². The average molecular weight is 442 g/mol. The molecule has 5 nitrogen and oxygen atoms in total. The molecule has 1 atom stereocenters. The van der Waals surface area contributed by atoms with Crippen molar-refractivity contribution in [3.8, 4) is 5.75 Å². The highest BCUT2D eigenvalue weighted by molar-refractivity contribution is 5.78. The highest BCUT2D eigenvalue weighted by Gasteiger charge is 2.18. The Morgan fingerprint density at radius 1 is 0.970 bits per heavy atom. The van der Waals surface area contributed by atoms with Crippen LogP contribution in [0.5, 0.6) is 5.75 Å². The van der Waals surface area contributed by atoms with Crippen LogP contribution in [0.4, 0.5) is 0 Å². The monoisotopic (exact) mass is 441 g/mol. The molecule has 1 heterocycles. The molecule has 3 aromatic carbocycles. The maximum atomic E-state index is 12.6. The van der Waals surface area contributed by atoms with Crippen molar-refractivity contribution in [2.45, 2.75) is 46.2 Å². The molecule has 4 aromatic rings. The number of carbonyl (C=O) groups excluding carboxylic acids is 1. The number of hydrogen-bond acceptors (Lipinski definition) is 3. The van der Waals surface area contributed by atoms with E-state index in [4.69, 9.17) is 9.72 Å². The number of aryl methyl sites for hydroxylation is 3. The lowest BCUT2D eigenvalue weighted by Gasteiger charge is -2.18. The van der Waals surface area contributed by atoms with Gasteiger partial charge in [-0.25, -0.2) is 4.98 Å². The lowest BCUT2D eigenvalue weighted by Crippen LogP contribution is -2.29. The standard InChI is InChI=1S/C28H31N3O2/c1-20-10-9-11-21(2)27(20)33-19-18-31-25-15-8-7-14-24(25)30-28(31)22(3)29-26(32)17-16-23-12-5-4-6-13-23/h4-15,22H,16-19H2,1-3H3,(H,29,32). The predicted molar refractivity (Wildman–Crippen MR) is 132 cm³/mol. The lowest BCUT2D eigenvalue weighted by molar-refractivity contribution is -0.121. The molecule has 1 unspecified atom stereocenters. The number of carbonyl (C=O) groups is 1. The van der Waals surface area contributed by atoms with Crippen LogP contribution < -0.4 is 10.1 Å². The third-order valence-electron chi connectivity index (χ3n) is 5.90. The minimum atomic E-state index is -0.208. The number of imidazole rings is 1. The number of nitrogens with one attached hydrogen (secondary N) is 1. The number of amides is 1. The van der Waals surface area contributed by atoms with Crippen LogP contribution >= 0.6 is 0 Å². The first kappa shape index (κ1) is 22.6. The highest BCUT2D eigenvalue weighted by atomic mass is 16.5. The van der Waals surface area contributed by atoms with Gasteiger partial charge in [-0.15, -0.1) is 0 Å². The van der Waals surface area contributed by atoms with E-state index in [1.807, 2.05) is 61.5 Å². The molecule has 1 N–H and O–H groups in total. The molecule has 0 radical (unpaired) electrons. The van der Waals surface area contributed by atoms with Crippen LogP contribution in [0, 0.1) is 13.8 Å². The number of para-hydroxylation sites is 3. The van der Waals surface area contributed by atoms with E-state index >= 15 is 0 Å². The van der Waals surface area contributed by atoms with Gasteiger partial charge in [0.1, 0.15) is 18.2 Å². The Labute approximate surface area is 195 Å². The lowest BCUT2D eigenvalue weighted by atomic mass is 10.1. The van der Waals surface area contributed by atoms with Crippen molar-refractivity contribution in [2.24, 2.45) is 0 Å². The Hall–Kier alpha value is -3.60. The van der Waals surface area contributed by atoms with Crippen LogP contribution in [0.25, 0.3) is 11.0 Å². The van der Waals surface area contributed by atoms with Crippen LogP contribution in [0.15, 0.2) is 72.8 Å². The van der Waals surface area contributed by atoms with Crippen molar-refractivity contribution in [1.82, 2.24) is 14.9 Å². The summed E-state index contributed by atoms with van der Waals surface area (Å²) in [5.41, 5.74) is 5.39. The Morgan fingerprint density at radius 3 is 2.42 bits per heavy atom. The third-order valence-corrected chi connectivity index (χ3v) is 5.90. The number of ether oxygens (including phenoxy) is 1. The summed E-state index contributed by atoms with van der Waals surface area (Å²) in [5.74, 6) is 1.80. The molecular formula is C28H31N3O2. The molecule has 0 aliphatic heterocycles. The van der Waals surface area contributed by atoms with Crippen molar-refractivity contribution in [3.63, 3.8) is 0 Å². The van der Waals surface area contributed by atoms with Crippen LogP contribution in [-0.2, 0) is 17.8 Å². The molecule has 1 aromatic heterocycles. The first-order chi connectivity index (χ1) is 16.0. The summed E-state index contributed by atoms with van der Waals surface area (Å²) in [6, 6.07) is 24.1. The fraction of sp³-hybridized carbons (Fsp3) is 0.286. The second-order valence-corrected chi connectivity index (χ2v) is 8.45. The van der Waals surface area contributed by atoms with E-state index in [0.717, 1.165) is 45.7 Å². The normalized spacial score (nSPS) is 12.0. The molecule has 1 amide bonds. The van der Waals surface area contributed by atoms with Gasteiger partial charge in [-0.1, -0.05) is 60.7 Å². The molecule has 5 heteroatoms. The number of aromatic nitrogens is 2. The number of hydrogen-bond donors (Lipinski definition) is 1. The summed E-state index contributed by atoms with van der Waals surface area (Å²) < 4.78 is 8.32. The van der Waals surface area contributed by atoms with Crippen molar-refractivity contribution < 1.29 is 9.53 Å². The predicted octanol–water partition coefficient (Wildman–Crippen LogP) is 5.54. The van der Waals surface area contributed by atoms with Crippen molar-refractivity contribution in [3.05, 3.63) is 95.3 Å². The van der Waals surface area contributed by atoms with Crippen LogP contribution in [0.2, 0.25) is 0 Å². The number of nitrogens with zero attached hydrogens (tertiary/aromatic N) is 2. The summed E-state index contributed by atoms with van der Waals surface area (Å²) >= 11 is 0. The van der Waals surface area contributed by atoms with Crippen LogP contribution in [-0.4, -0.2) is 22.1 Å². The van der Waals surface area contributed by atoms with Crippen molar-refractivity contribution in [2.75, 3.05) is 6.61 Å². The van der Waals surface area contributed by atoms with E-state index in [1.165, 1.54) is 0 Å². The molecule has 0 aliphatic rings. The summed E-state index contributed by atoms with van der Waals surface area (Å²) in [5, 5.41) is 3.13. The number of rotatable bonds is 9.